The molecule has 0 bridgehead atoms. The average molecular weight is 589 g/mol. The van der Waals surface area contributed by atoms with Gasteiger partial charge in [0.1, 0.15) is 18.3 Å². The van der Waals surface area contributed by atoms with Crippen molar-refractivity contribution in [3.63, 3.8) is 0 Å². The van der Waals surface area contributed by atoms with Crippen LogP contribution in [0.5, 0.6) is 0 Å². The smallest absolute Gasteiger partial charge is 0.333 e. The number of allylic oxidation sites excluding steroid dienone is 1. The van der Waals surface area contributed by atoms with Crippen molar-refractivity contribution in [3.8, 4) is 0 Å². The Bertz CT molecular complexity index is 1210. The molecule has 224 valence electrons. The third-order valence-corrected chi connectivity index (χ3v) is 7.56. The van der Waals surface area contributed by atoms with E-state index in [1.54, 1.807) is 0 Å². The first kappa shape index (κ1) is 31.9. The molecule has 13 nitrogen and oxygen atoms in total. The van der Waals surface area contributed by atoms with E-state index >= 15 is 0 Å². The second-order valence-electron chi connectivity index (χ2n) is 9.89. The van der Waals surface area contributed by atoms with E-state index in [9.17, 15) is 32.9 Å². The quantitative estimate of drug-likeness (QED) is 0.0679. The van der Waals surface area contributed by atoms with Gasteiger partial charge in [-0.25, -0.2) is 4.39 Å². The fourth-order valence-electron chi connectivity index (χ4n) is 4.68. The predicted octanol–water partition coefficient (Wildman–Crippen LogP) is -0.449. The molecule has 40 heavy (non-hydrogen) atoms. The molecule has 1 aromatic carbocycles. The van der Waals surface area contributed by atoms with Crippen LogP contribution in [0.25, 0.3) is 0 Å². The SMILES string of the molecule is CC1C(N)=C(C(=N)OC2OC(CO)C(F)C(O)C2O)Cc2ccc(CCCC(=O)NCCCNS(=O)(=O)O)cc21. The number of nitrogens with two attached hydrogens (primary N) is 1. The molecule has 2 aliphatic rings. The van der Waals surface area contributed by atoms with Crippen LogP contribution >= 0.6 is 0 Å². The van der Waals surface area contributed by atoms with Gasteiger partial charge in [0.05, 0.1) is 6.61 Å². The van der Waals surface area contributed by atoms with E-state index in [1.165, 1.54) is 0 Å². The number of alkyl halides is 1. The molecule has 1 fully saturated rings. The summed E-state index contributed by atoms with van der Waals surface area (Å²) in [7, 11) is -4.24. The van der Waals surface area contributed by atoms with Gasteiger partial charge in [0, 0.05) is 43.1 Å². The number of nitrogens with one attached hydrogen (secondary N) is 3. The molecular weight excluding hydrogens is 551 g/mol. The van der Waals surface area contributed by atoms with Crippen molar-refractivity contribution in [1.82, 2.24) is 10.0 Å². The van der Waals surface area contributed by atoms with Crippen LogP contribution in [0, 0.1) is 5.41 Å². The lowest BCUT2D eigenvalue weighted by Gasteiger charge is -2.39. The Morgan fingerprint density at radius 3 is 2.65 bits per heavy atom. The minimum Gasteiger partial charge on any atom is -0.445 e. The Labute approximate surface area is 231 Å². The van der Waals surface area contributed by atoms with Gasteiger partial charge < -0.3 is 35.8 Å². The van der Waals surface area contributed by atoms with E-state index in [2.05, 4.69) is 5.32 Å². The lowest BCUT2D eigenvalue weighted by Crippen LogP contribution is -2.58. The number of amides is 1. The van der Waals surface area contributed by atoms with Gasteiger partial charge in [0.2, 0.25) is 18.1 Å². The van der Waals surface area contributed by atoms with Crippen LogP contribution in [-0.2, 0) is 37.4 Å². The van der Waals surface area contributed by atoms with Crippen LogP contribution in [0.3, 0.4) is 0 Å². The predicted molar refractivity (Wildman–Crippen MR) is 141 cm³/mol. The number of aliphatic hydroxyl groups excluding tert-OH is 3. The summed E-state index contributed by atoms with van der Waals surface area (Å²) >= 11 is 0. The number of aryl methyl sites for hydroxylation is 1. The summed E-state index contributed by atoms with van der Waals surface area (Å²) in [5, 5.41) is 40.5. The lowest BCUT2D eigenvalue weighted by molar-refractivity contribution is -0.269. The Balaban J connectivity index is 1.53. The van der Waals surface area contributed by atoms with Gasteiger partial charge in [0.15, 0.2) is 6.17 Å². The number of ether oxygens (including phenoxy) is 2. The fourth-order valence-corrected chi connectivity index (χ4v) is 5.08. The van der Waals surface area contributed by atoms with Gasteiger partial charge in [-0.2, -0.15) is 13.1 Å². The second-order valence-corrected chi connectivity index (χ2v) is 11.1. The molecule has 1 aromatic rings. The molecule has 3 rings (SSSR count). The molecule has 9 N–H and O–H groups in total. The molecule has 6 unspecified atom stereocenters. The number of carbonyl (C=O) groups is 1. The summed E-state index contributed by atoms with van der Waals surface area (Å²) in [4.78, 5) is 12.0. The highest BCUT2D eigenvalue weighted by Crippen LogP contribution is 2.35. The maximum Gasteiger partial charge on any atom is 0.333 e. The van der Waals surface area contributed by atoms with Gasteiger partial charge in [-0.1, -0.05) is 25.1 Å². The van der Waals surface area contributed by atoms with Crippen molar-refractivity contribution in [1.29, 1.82) is 5.41 Å². The summed E-state index contributed by atoms with van der Waals surface area (Å²) in [6, 6.07) is 5.84. The second kappa shape index (κ2) is 13.8. The third-order valence-electron chi connectivity index (χ3n) is 7.00. The minimum atomic E-state index is -4.24. The maximum atomic E-state index is 14.0. The number of halogens is 1. The number of hydrogen-bond donors (Lipinski definition) is 8. The zero-order valence-corrected chi connectivity index (χ0v) is 22.9. The number of carbonyl (C=O) groups excluding carboxylic acids is 1. The topological polar surface area (TPSA) is 225 Å². The van der Waals surface area contributed by atoms with E-state index in [0.717, 1.165) is 16.7 Å². The average Bonchev–Trinajstić information content (AvgIpc) is 2.90. The summed E-state index contributed by atoms with van der Waals surface area (Å²) in [6.07, 6.45) is -6.48. The van der Waals surface area contributed by atoms with E-state index in [-0.39, 0.29) is 43.7 Å². The van der Waals surface area contributed by atoms with E-state index in [0.29, 0.717) is 30.5 Å². The molecular formula is C25H37FN4O9S. The number of hydrogen-bond acceptors (Lipinski definition) is 10. The van der Waals surface area contributed by atoms with Gasteiger partial charge in [-0.15, -0.1) is 0 Å². The molecule has 0 aromatic heterocycles. The van der Waals surface area contributed by atoms with E-state index < -0.39 is 47.7 Å². The summed E-state index contributed by atoms with van der Waals surface area (Å²) in [5.74, 6) is -0.824. The van der Waals surface area contributed by atoms with Crippen molar-refractivity contribution in [2.75, 3.05) is 19.7 Å². The number of rotatable bonds is 12. The largest absolute Gasteiger partial charge is 0.445 e. The zero-order valence-electron chi connectivity index (χ0n) is 22.0. The summed E-state index contributed by atoms with van der Waals surface area (Å²) in [5.41, 5.74) is 9.99. The number of aliphatic hydroxyl groups is 3. The van der Waals surface area contributed by atoms with E-state index in [1.807, 2.05) is 29.8 Å². The van der Waals surface area contributed by atoms with Crippen LogP contribution in [0.15, 0.2) is 29.5 Å². The molecule has 15 heteroatoms. The first-order valence-corrected chi connectivity index (χ1v) is 14.4. The maximum absolute atomic E-state index is 14.0. The third kappa shape index (κ3) is 8.19. The molecule has 1 aliphatic carbocycles. The highest BCUT2D eigenvalue weighted by molar-refractivity contribution is 7.83. The summed E-state index contributed by atoms with van der Waals surface area (Å²) < 4.78 is 56.4. The van der Waals surface area contributed by atoms with Gasteiger partial charge in [0.25, 0.3) is 0 Å². The van der Waals surface area contributed by atoms with Crippen LogP contribution in [0.1, 0.15) is 48.8 Å². The van der Waals surface area contributed by atoms with Crippen molar-refractivity contribution in [3.05, 3.63) is 46.2 Å². The number of fused-ring (bicyclic) bond motifs is 1. The summed E-state index contributed by atoms with van der Waals surface area (Å²) in [6.45, 7) is 1.42. The molecule has 0 radical (unpaired) electrons. The first-order chi connectivity index (χ1) is 18.8. The monoisotopic (exact) mass is 588 g/mol. The van der Waals surface area contributed by atoms with Crippen molar-refractivity contribution in [2.45, 2.75) is 75.7 Å². The Morgan fingerprint density at radius 2 is 1.98 bits per heavy atom. The van der Waals surface area contributed by atoms with E-state index in [4.69, 9.17) is 25.2 Å². The molecule has 1 saturated heterocycles. The van der Waals surface area contributed by atoms with Crippen molar-refractivity contribution >= 4 is 22.1 Å². The first-order valence-electron chi connectivity index (χ1n) is 12.9. The van der Waals surface area contributed by atoms with Gasteiger partial charge in [-0.05, 0) is 36.0 Å². The van der Waals surface area contributed by atoms with Crippen LogP contribution in [-0.4, -0.2) is 90.6 Å². The Hall–Kier alpha value is -2.66. The minimum absolute atomic E-state index is 0.0144. The van der Waals surface area contributed by atoms with Gasteiger partial charge in [-0.3, -0.25) is 14.8 Å². The Kier molecular flexibility index (Phi) is 11.0. The van der Waals surface area contributed by atoms with Crippen LogP contribution in [0.4, 0.5) is 4.39 Å². The highest BCUT2D eigenvalue weighted by atomic mass is 32.2. The lowest BCUT2D eigenvalue weighted by atomic mass is 9.81. The van der Waals surface area contributed by atoms with Gasteiger partial charge >= 0.3 is 10.3 Å². The normalized spacial score (nSPS) is 26.8. The Morgan fingerprint density at radius 1 is 1.25 bits per heavy atom. The molecule has 0 saturated carbocycles. The highest BCUT2D eigenvalue weighted by Gasteiger charge is 2.46. The zero-order chi connectivity index (χ0) is 29.6. The molecule has 6 atom stereocenters. The molecule has 1 aliphatic heterocycles. The molecule has 1 heterocycles. The molecule has 1 amide bonds. The standard InChI is InChI=1S/C25H37FN4O9S/c1-13-16-10-14(4-2-5-19(32)29-8-3-9-30-40(35,36)37)6-7-15(16)11-17(21(13)27)24(28)39-25-23(34)22(33)20(26)18(12-31)38-25/h6-7,10,13,18,20,22-23,25,28,30-31,33-34H,2-5,8-9,11-12,27H2,1H3,(H,29,32)(H,35,36,37). The van der Waals surface area contributed by atoms with Crippen molar-refractivity contribution in [2.24, 2.45) is 5.73 Å². The fraction of sp³-hybridized carbons (Fsp3) is 0.600. The molecule has 0 spiro atoms. The van der Waals surface area contributed by atoms with Crippen LogP contribution in [0.2, 0.25) is 0 Å². The number of benzene rings is 1. The van der Waals surface area contributed by atoms with Crippen LogP contribution < -0.4 is 15.8 Å². The van der Waals surface area contributed by atoms with Crippen molar-refractivity contribution < 1.29 is 46.9 Å².